The summed E-state index contributed by atoms with van der Waals surface area (Å²) in [6.07, 6.45) is 1.43. The van der Waals surface area contributed by atoms with E-state index >= 15 is 0 Å². The highest BCUT2D eigenvalue weighted by Crippen LogP contribution is 2.16. The van der Waals surface area contributed by atoms with E-state index in [1.165, 1.54) is 6.20 Å². The van der Waals surface area contributed by atoms with Crippen LogP contribution in [0.4, 0.5) is 0 Å². The van der Waals surface area contributed by atoms with E-state index in [2.05, 4.69) is 15.0 Å². The van der Waals surface area contributed by atoms with Gasteiger partial charge in [0.1, 0.15) is 5.52 Å². The quantitative estimate of drug-likeness (QED) is 0.607. The number of carbonyl (C=O) groups is 1. The summed E-state index contributed by atoms with van der Waals surface area (Å²) >= 11 is 0. The molecule has 0 amide bonds. The molecule has 0 bridgehead atoms. The minimum Gasteiger partial charge on any atom is -0.355 e. The predicted molar refractivity (Wildman–Crippen MR) is 74.2 cm³/mol. The Morgan fingerprint density at radius 1 is 1.00 bits per heavy atom. The van der Waals surface area contributed by atoms with Gasteiger partial charge in [-0.2, -0.15) is 0 Å². The fourth-order valence-electron chi connectivity index (χ4n) is 2.08. The van der Waals surface area contributed by atoms with Crippen molar-refractivity contribution in [3.05, 3.63) is 68.0 Å². The lowest BCUT2D eigenvalue weighted by molar-refractivity contribution is 0.104. The second-order valence-electron chi connectivity index (χ2n) is 4.56. The molecule has 2 heterocycles. The average Bonchev–Trinajstić information content (AvgIpc) is 2.82. The fourth-order valence-corrected chi connectivity index (χ4v) is 2.08. The molecule has 0 aliphatic rings. The molecule has 6 nitrogen and oxygen atoms in total. The highest BCUT2D eigenvalue weighted by molar-refractivity contribution is 6.15. The average molecular weight is 269 g/mol. The molecular weight excluding hydrogens is 258 g/mol. The van der Waals surface area contributed by atoms with Crippen LogP contribution in [0.5, 0.6) is 0 Å². The summed E-state index contributed by atoms with van der Waals surface area (Å²) < 4.78 is 0. The molecule has 3 aromatic rings. The lowest BCUT2D eigenvalue weighted by Crippen LogP contribution is -2.22. The Bertz CT molecular complexity index is 913. The second kappa shape index (κ2) is 4.34. The summed E-state index contributed by atoms with van der Waals surface area (Å²) in [4.78, 5) is 42.6. The zero-order chi connectivity index (χ0) is 14.3. The monoisotopic (exact) mass is 269 g/mol. The molecule has 1 aromatic carbocycles. The first kappa shape index (κ1) is 12.2. The van der Waals surface area contributed by atoms with Crippen molar-refractivity contribution in [2.75, 3.05) is 0 Å². The number of ketones is 1. The highest BCUT2D eigenvalue weighted by Gasteiger charge is 2.16. The number of hydrogen-bond acceptors (Lipinski definition) is 3. The molecule has 0 saturated carbocycles. The van der Waals surface area contributed by atoms with E-state index in [0.717, 1.165) is 5.56 Å². The van der Waals surface area contributed by atoms with Crippen LogP contribution in [0.3, 0.4) is 0 Å². The number of aryl methyl sites for hydroxylation is 1. The third kappa shape index (κ3) is 1.87. The van der Waals surface area contributed by atoms with Crippen LogP contribution in [0.25, 0.3) is 11.0 Å². The van der Waals surface area contributed by atoms with Gasteiger partial charge in [-0.05, 0) is 6.92 Å². The summed E-state index contributed by atoms with van der Waals surface area (Å²) in [5.41, 5.74) is 1.03. The summed E-state index contributed by atoms with van der Waals surface area (Å²) in [6.45, 7) is 1.93. The minimum absolute atomic E-state index is 0.181. The van der Waals surface area contributed by atoms with Crippen molar-refractivity contribution in [3.8, 4) is 0 Å². The Balaban J connectivity index is 2.20. The van der Waals surface area contributed by atoms with E-state index < -0.39 is 11.2 Å². The number of aromatic amines is 3. The molecule has 0 spiro atoms. The highest BCUT2D eigenvalue weighted by atomic mass is 16.2. The number of carbonyl (C=O) groups excluding carboxylic acids is 1. The number of H-pyrrole nitrogens is 3. The predicted octanol–water partition coefficient (Wildman–Crippen LogP) is 1.08. The standard InChI is InChI=1S/C14H11N3O3/c1-7-2-4-8(5-3-7)12(18)9-6-15-11-10(9)16-14(20)17-13(11)19/h2-6,15H,1H3,(H2,16,17,19,20). The van der Waals surface area contributed by atoms with Gasteiger partial charge in [0.15, 0.2) is 5.78 Å². The van der Waals surface area contributed by atoms with E-state index in [-0.39, 0.29) is 22.4 Å². The van der Waals surface area contributed by atoms with E-state index in [1.807, 2.05) is 19.1 Å². The van der Waals surface area contributed by atoms with Crippen molar-refractivity contribution >= 4 is 16.8 Å². The van der Waals surface area contributed by atoms with Crippen molar-refractivity contribution < 1.29 is 4.79 Å². The van der Waals surface area contributed by atoms with Crippen LogP contribution in [-0.4, -0.2) is 20.7 Å². The van der Waals surface area contributed by atoms with Gasteiger partial charge in [-0.25, -0.2) is 4.79 Å². The molecule has 0 fully saturated rings. The van der Waals surface area contributed by atoms with Crippen LogP contribution >= 0.6 is 0 Å². The topological polar surface area (TPSA) is 98.6 Å². The molecule has 0 atom stereocenters. The largest absolute Gasteiger partial charge is 0.355 e. The maximum absolute atomic E-state index is 12.4. The van der Waals surface area contributed by atoms with Gasteiger partial charge in [0.25, 0.3) is 5.56 Å². The Labute approximate surface area is 112 Å². The molecule has 0 radical (unpaired) electrons. The summed E-state index contributed by atoms with van der Waals surface area (Å²) in [6, 6.07) is 7.08. The smallest absolute Gasteiger partial charge is 0.326 e. The first-order valence-corrected chi connectivity index (χ1v) is 6.01. The molecule has 20 heavy (non-hydrogen) atoms. The Kier molecular flexibility index (Phi) is 2.64. The number of benzene rings is 1. The molecule has 0 unspecified atom stereocenters. The lowest BCUT2D eigenvalue weighted by Gasteiger charge is -2.00. The van der Waals surface area contributed by atoms with Crippen molar-refractivity contribution in [3.63, 3.8) is 0 Å². The first-order valence-electron chi connectivity index (χ1n) is 6.01. The van der Waals surface area contributed by atoms with Crippen LogP contribution in [0.2, 0.25) is 0 Å². The van der Waals surface area contributed by atoms with Crippen LogP contribution in [0.1, 0.15) is 21.5 Å². The molecule has 6 heteroatoms. The minimum atomic E-state index is -0.639. The molecule has 3 N–H and O–H groups in total. The molecule has 0 aliphatic heterocycles. The molecular formula is C14H11N3O3. The number of nitrogens with one attached hydrogen (secondary N) is 3. The zero-order valence-electron chi connectivity index (χ0n) is 10.6. The van der Waals surface area contributed by atoms with Crippen molar-refractivity contribution in [2.45, 2.75) is 6.92 Å². The van der Waals surface area contributed by atoms with E-state index in [4.69, 9.17) is 0 Å². The molecule has 0 aliphatic carbocycles. The van der Waals surface area contributed by atoms with Crippen molar-refractivity contribution in [2.24, 2.45) is 0 Å². The lowest BCUT2D eigenvalue weighted by atomic mass is 10.0. The third-order valence-electron chi connectivity index (χ3n) is 3.13. The molecule has 2 aromatic heterocycles. The van der Waals surface area contributed by atoms with Crippen molar-refractivity contribution in [1.29, 1.82) is 0 Å². The van der Waals surface area contributed by atoms with Gasteiger partial charge in [0, 0.05) is 11.8 Å². The summed E-state index contributed by atoms with van der Waals surface area (Å²) in [7, 11) is 0. The third-order valence-corrected chi connectivity index (χ3v) is 3.13. The van der Waals surface area contributed by atoms with Gasteiger partial charge in [0.2, 0.25) is 0 Å². The van der Waals surface area contributed by atoms with Gasteiger partial charge < -0.3 is 9.97 Å². The normalized spacial score (nSPS) is 10.8. The van der Waals surface area contributed by atoms with Gasteiger partial charge >= 0.3 is 5.69 Å². The fraction of sp³-hybridized carbons (Fsp3) is 0.0714. The zero-order valence-corrected chi connectivity index (χ0v) is 10.6. The maximum atomic E-state index is 12.4. The number of rotatable bonds is 2. The molecule has 3 rings (SSSR count). The molecule has 100 valence electrons. The Hall–Kier alpha value is -2.89. The first-order chi connectivity index (χ1) is 9.56. The Morgan fingerprint density at radius 2 is 1.70 bits per heavy atom. The SMILES string of the molecule is Cc1ccc(C(=O)c2c[nH]c3c(=O)[nH]c(=O)[nH]c23)cc1. The van der Waals surface area contributed by atoms with E-state index in [9.17, 15) is 14.4 Å². The summed E-state index contributed by atoms with van der Waals surface area (Å²) in [5.74, 6) is -0.252. The number of aromatic nitrogens is 3. The molecule has 0 saturated heterocycles. The second-order valence-corrected chi connectivity index (χ2v) is 4.56. The van der Waals surface area contributed by atoms with Crippen LogP contribution in [0.15, 0.2) is 40.1 Å². The van der Waals surface area contributed by atoms with Gasteiger partial charge in [0.05, 0.1) is 11.1 Å². The van der Waals surface area contributed by atoms with Gasteiger partial charge in [-0.15, -0.1) is 0 Å². The van der Waals surface area contributed by atoms with E-state index in [0.29, 0.717) is 5.56 Å². The van der Waals surface area contributed by atoms with Gasteiger partial charge in [-0.3, -0.25) is 14.6 Å². The Morgan fingerprint density at radius 3 is 2.40 bits per heavy atom. The van der Waals surface area contributed by atoms with Crippen LogP contribution < -0.4 is 11.2 Å². The van der Waals surface area contributed by atoms with Crippen LogP contribution in [0, 0.1) is 6.92 Å². The number of fused-ring (bicyclic) bond motifs is 1. The van der Waals surface area contributed by atoms with E-state index in [1.54, 1.807) is 12.1 Å². The maximum Gasteiger partial charge on any atom is 0.326 e. The summed E-state index contributed by atoms with van der Waals surface area (Å²) in [5, 5.41) is 0. The number of hydrogen-bond donors (Lipinski definition) is 3. The van der Waals surface area contributed by atoms with Crippen molar-refractivity contribution in [1.82, 2.24) is 15.0 Å². The van der Waals surface area contributed by atoms with Gasteiger partial charge in [-0.1, -0.05) is 29.8 Å². The van der Waals surface area contributed by atoms with Crippen LogP contribution in [-0.2, 0) is 0 Å².